The van der Waals surface area contributed by atoms with Crippen LogP contribution in [0.25, 0.3) is 0 Å². The van der Waals surface area contributed by atoms with Crippen LogP contribution < -0.4 is 17.0 Å². The van der Waals surface area contributed by atoms with Crippen LogP contribution >= 0.6 is 0 Å². The Kier molecular flexibility index (Phi) is 5.12. The number of hydrogen-bond acceptors (Lipinski definition) is 1. The maximum atomic E-state index is 4.41. The van der Waals surface area contributed by atoms with Gasteiger partial charge < -0.3 is 12.4 Å². The van der Waals surface area contributed by atoms with Crippen molar-refractivity contribution in [2.75, 3.05) is 0 Å². The fourth-order valence-corrected chi connectivity index (χ4v) is 2.20. The topological polar surface area (TPSA) is 21.7 Å². The van der Waals surface area contributed by atoms with Crippen LogP contribution in [0.2, 0.25) is 0 Å². The number of aryl methyl sites for hydroxylation is 1. The molecule has 0 atom stereocenters. The molecular formula is C17H18ClN3. The van der Waals surface area contributed by atoms with E-state index in [1.807, 2.05) is 23.4 Å². The van der Waals surface area contributed by atoms with Gasteiger partial charge in [-0.1, -0.05) is 60.2 Å². The van der Waals surface area contributed by atoms with Crippen molar-refractivity contribution < 1.29 is 17.0 Å². The quantitative estimate of drug-likeness (QED) is 0.600. The van der Waals surface area contributed by atoms with E-state index in [9.17, 15) is 0 Å². The largest absolute Gasteiger partial charge is 1.00 e. The smallest absolute Gasteiger partial charge is 0.265 e. The molecule has 21 heavy (non-hydrogen) atoms. The van der Waals surface area contributed by atoms with Gasteiger partial charge in [-0.3, -0.25) is 0 Å². The van der Waals surface area contributed by atoms with Gasteiger partial charge in [-0.25, -0.2) is 4.57 Å². The zero-order valence-corrected chi connectivity index (χ0v) is 12.7. The Morgan fingerprint density at radius 2 is 1.67 bits per heavy atom. The van der Waals surface area contributed by atoms with E-state index in [4.69, 9.17) is 0 Å². The van der Waals surface area contributed by atoms with Crippen molar-refractivity contribution in [3.05, 3.63) is 83.9 Å². The molecule has 3 nitrogen and oxygen atoms in total. The van der Waals surface area contributed by atoms with Crippen LogP contribution in [0.1, 0.15) is 16.7 Å². The lowest BCUT2D eigenvalue weighted by atomic mass is 10.1. The van der Waals surface area contributed by atoms with Crippen LogP contribution in [0.5, 0.6) is 0 Å². The zero-order valence-electron chi connectivity index (χ0n) is 12.0. The molecule has 0 saturated carbocycles. The first-order chi connectivity index (χ1) is 9.79. The average Bonchev–Trinajstić information content (AvgIpc) is 2.90. The van der Waals surface area contributed by atoms with Gasteiger partial charge in [0.05, 0.1) is 6.54 Å². The molecule has 0 fully saturated rings. The van der Waals surface area contributed by atoms with Gasteiger partial charge in [0, 0.05) is 5.10 Å². The predicted octanol–water partition coefficient (Wildman–Crippen LogP) is -0.420. The third kappa shape index (κ3) is 4.17. The molecule has 3 rings (SSSR count). The van der Waals surface area contributed by atoms with Gasteiger partial charge in [-0.05, 0) is 18.1 Å². The summed E-state index contributed by atoms with van der Waals surface area (Å²) < 4.78 is 4.07. The lowest BCUT2D eigenvalue weighted by molar-refractivity contribution is -0.689. The maximum absolute atomic E-state index is 4.41. The van der Waals surface area contributed by atoms with Gasteiger partial charge in [-0.2, -0.15) is 0 Å². The van der Waals surface area contributed by atoms with Crippen molar-refractivity contribution in [2.45, 2.75) is 20.0 Å². The van der Waals surface area contributed by atoms with E-state index in [0.29, 0.717) is 0 Å². The zero-order chi connectivity index (χ0) is 13.8. The van der Waals surface area contributed by atoms with Gasteiger partial charge in [-0.15, -0.1) is 4.68 Å². The first-order valence-electron chi connectivity index (χ1n) is 6.80. The van der Waals surface area contributed by atoms with E-state index >= 15 is 0 Å². The van der Waals surface area contributed by atoms with E-state index in [1.165, 1.54) is 16.7 Å². The molecule has 2 aromatic carbocycles. The summed E-state index contributed by atoms with van der Waals surface area (Å²) in [6, 6.07) is 19.0. The monoisotopic (exact) mass is 299 g/mol. The highest BCUT2D eigenvalue weighted by molar-refractivity contribution is 5.21. The summed E-state index contributed by atoms with van der Waals surface area (Å²) in [6.45, 7) is 3.77. The molecule has 4 heteroatoms. The molecule has 0 amide bonds. The number of aromatic nitrogens is 3. The fraction of sp³-hybridized carbons (Fsp3) is 0.176. The molecule has 0 N–H and O–H groups in total. The van der Waals surface area contributed by atoms with E-state index in [-0.39, 0.29) is 12.4 Å². The SMILES string of the molecule is Cc1ccc(Cn2c[n+](Cc3ccccc3)cn2)cc1.[Cl-]. The Bertz CT molecular complexity index is 675. The van der Waals surface area contributed by atoms with Gasteiger partial charge in [0.1, 0.15) is 6.54 Å². The summed E-state index contributed by atoms with van der Waals surface area (Å²) in [5.74, 6) is 0. The Morgan fingerprint density at radius 3 is 2.38 bits per heavy atom. The molecule has 1 heterocycles. The van der Waals surface area contributed by atoms with Crippen LogP contribution in [-0.2, 0) is 13.1 Å². The summed E-state index contributed by atoms with van der Waals surface area (Å²) in [6.07, 6.45) is 3.92. The average molecular weight is 300 g/mol. The van der Waals surface area contributed by atoms with Crippen molar-refractivity contribution in [3.8, 4) is 0 Å². The summed E-state index contributed by atoms with van der Waals surface area (Å²) >= 11 is 0. The van der Waals surface area contributed by atoms with Gasteiger partial charge >= 0.3 is 0 Å². The summed E-state index contributed by atoms with van der Waals surface area (Å²) in [7, 11) is 0. The van der Waals surface area contributed by atoms with Crippen LogP contribution in [0.4, 0.5) is 0 Å². The molecular weight excluding hydrogens is 282 g/mol. The highest BCUT2D eigenvalue weighted by Crippen LogP contribution is 2.04. The molecule has 0 bridgehead atoms. The lowest BCUT2D eigenvalue weighted by Gasteiger charge is -1.98. The number of halogens is 1. The molecule has 0 radical (unpaired) electrons. The van der Waals surface area contributed by atoms with E-state index in [2.05, 4.69) is 65.1 Å². The van der Waals surface area contributed by atoms with Crippen LogP contribution in [0.3, 0.4) is 0 Å². The van der Waals surface area contributed by atoms with Crippen molar-refractivity contribution >= 4 is 0 Å². The summed E-state index contributed by atoms with van der Waals surface area (Å²) in [5, 5.41) is 4.41. The van der Waals surface area contributed by atoms with Crippen LogP contribution in [-0.4, -0.2) is 9.78 Å². The van der Waals surface area contributed by atoms with E-state index in [0.717, 1.165) is 13.1 Å². The first-order valence-corrected chi connectivity index (χ1v) is 6.80. The summed E-state index contributed by atoms with van der Waals surface area (Å²) in [5.41, 5.74) is 3.84. The number of benzene rings is 2. The minimum absolute atomic E-state index is 0. The second-order valence-electron chi connectivity index (χ2n) is 5.09. The molecule has 108 valence electrons. The number of nitrogens with zero attached hydrogens (tertiary/aromatic N) is 3. The lowest BCUT2D eigenvalue weighted by Crippen LogP contribution is -3.00. The Hall–Kier alpha value is -2.13. The molecule has 3 aromatic rings. The molecule has 0 aliphatic carbocycles. The van der Waals surface area contributed by atoms with Gasteiger partial charge in [0.15, 0.2) is 0 Å². The molecule has 0 spiro atoms. The third-order valence-electron chi connectivity index (χ3n) is 3.30. The summed E-state index contributed by atoms with van der Waals surface area (Å²) in [4.78, 5) is 0. The predicted molar refractivity (Wildman–Crippen MR) is 78.2 cm³/mol. The normalized spacial score (nSPS) is 10.1. The third-order valence-corrected chi connectivity index (χ3v) is 3.30. The highest BCUT2D eigenvalue weighted by Gasteiger charge is 2.07. The van der Waals surface area contributed by atoms with Crippen molar-refractivity contribution in [3.63, 3.8) is 0 Å². The molecule has 0 unspecified atom stereocenters. The molecule has 0 saturated heterocycles. The Morgan fingerprint density at radius 1 is 0.952 bits per heavy atom. The van der Waals surface area contributed by atoms with E-state index < -0.39 is 0 Å². The van der Waals surface area contributed by atoms with Gasteiger partial charge in [0.2, 0.25) is 6.33 Å². The molecule has 1 aromatic heterocycles. The Balaban J connectivity index is 0.00000161. The van der Waals surface area contributed by atoms with E-state index in [1.54, 1.807) is 0 Å². The van der Waals surface area contributed by atoms with Crippen LogP contribution in [0.15, 0.2) is 67.3 Å². The highest BCUT2D eigenvalue weighted by atomic mass is 35.5. The second kappa shape index (κ2) is 7.04. The van der Waals surface area contributed by atoms with Crippen molar-refractivity contribution in [1.82, 2.24) is 9.78 Å². The second-order valence-corrected chi connectivity index (χ2v) is 5.09. The van der Waals surface area contributed by atoms with Crippen LogP contribution in [0, 0.1) is 6.92 Å². The first kappa shape index (κ1) is 15.3. The minimum atomic E-state index is 0. The molecule has 0 aliphatic rings. The number of hydrogen-bond donors (Lipinski definition) is 0. The number of rotatable bonds is 4. The van der Waals surface area contributed by atoms with Crippen molar-refractivity contribution in [2.24, 2.45) is 0 Å². The van der Waals surface area contributed by atoms with Gasteiger partial charge in [0.25, 0.3) is 6.33 Å². The molecule has 0 aliphatic heterocycles. The minimum Gasteiger partial charge on any atom is -1.00 e. The standard InChI is InChI=1S/C17H18N3.ClH/c1-15-7-9-17(10-8-15)12-20-14-19(13-18-20)11-16-5-3-2-4-6-16;/h2-10,13-14H,11-12H2,1H3;1H/q+1;/p-1. The fourth-order valence-electron chi connectivity index (χ4n) is 2.20. The van der Waals surface area contributed by atoms with Crippen molar-refractivity contribution in [1.29, 1.82) is 0 Å². The Labute approximate surface area is 131 Å². The maximum Gasteiger partial charge on any atom is 0.265 e.